The van der Waals surface area contributed by atoms with Crippen molar-refractivity contribution < 1.29 is 4.79 Å². The highest BCUT2D eigenvalue weighted by Crippen LogP contribution is 2.17. The van der Waals surface area contributed by atoms with Crippen molar-refractivity contribution in [1.82, 2.24) is 5.32 Å². The van der Waals surface area contributed by atoms with Gasteiger partial charge in [-0.05, 0) is 31.4 Å². The van der Waals surface area contributed by atoms with Crippen LogP contribution >= 0.6 is 0 Å². The first kappa shape index (κ1) is 14.7. The molecule has 3 nitrogen and oxygen atoms in total. The number of carbonyl (C=O) groups excluding carboxylic acids is 1. The van der Waals surface area contributed by atoms with Crippen molar-refractivity contribution in [2.24, 2.45) is 5.73 Å². The lowest BCUT2D eigenvalue weighted by molar-refractivity contribution is -0.118. The average molecular weight is 248 g/mol. The Morgan fingerprint density at radius 1 is 1.28 bits per heavy atom. The molecule has 1 aromatic carbocycles. The fourth-order valence-electron chi connectivity index (χ4n) is 2.06. The molecule has 0 saturated carbocycles. The van der Waals surface area contributed by atoms with E-state index >= 15 is 0 Å². The van der Waals surface area contributed by atoms with Gasteiger partial charge in [-0.1, -0.05) is 43.7 Å². The zero-order valence-corrected chi connectivity index (χ0v) is 11.2. The molecule has 0 aromatic heterocycles. The Morgan fingerprint density at radius 3 is 2.61 bits per heavy atom. The molecule has 0 saturated heterocycles. The van der Waals surface area contributed by atoms with Crippen LogP contribution in [0.4, 0.5) is 0 Å². The molecule has 0 radical (unpaired) electrons. The van der Waals surface area contributed by atoms with Crippen LogP contribution in [0.25, 0.3) is 0 Å². The second-order valence-corrected chi connectivity index (χ2v) is 4.63. The van der Waals surface area contributed by atoms with E-state index < -0.39 is 0 Å². The molecular formula is C15H24N2O. The summed E-state index contributed by atoms with van der Waals surface area (Å²) in [4.78, 5) is 10.6. The molecule has 3 heteroatoms. The Labute approximate surface area is 110 Å². The molecule has 1 atom stereocenters. The number of unbranched alkanes of at least 4 members (excludes halogenated alkanes) is 1. The van der Waals surface area contributed by atoms with E-state index in [9.17, 15) is 4.79 Å². The van der Waals surface area contributed by atoms with Gasteiger partial charge in [0.1, 0.15) is 0 Å². The minimum absolute atomic E-state index is 0.205. The summed E-state index contributed by atoms with van der Waals surface area (Å²) < 4.78 is 0. The molecule has 100 valence electrons. The highest BCUT2D eigenvalue weighted by Gasteiger charge is 2.08. The lowest BCUT2D eigenvalue weighted by atomic mass is 10.0. The molecule has 0 heterocycles. The molecule has 0 aliphatic carbocycles. The van der Waals surface area contributed by atoms with E-state index in [2.05, 4.69) is 36.5 Å². The van der Waals surface area contributed by atoms with Gasteiger partial charge >= 0.3 is 0 Å². The molecular weight excluding hydrogens is 224 g/mol. The summed E-state index contributed by atoms with van der Waals surface area (Å²) in [6.07, 6.45) is 4.66. The van der Waals surface area contributed by atoms with Crippen molar-refractivity contribution >= 4 is 5.91 Å². The van der Waals surface area contributed by atoms with E-state index in [4.69, 9.17) is 5.73 Å². The van der Waals surface area contributed by atoms with Gasteiger partial charge < -0.3 is 11.1 Å². The van der Waals surface area contributed by atoms with Gasteiger partial charge in [0.2, 0.25) is 5.91 Å². The Bertz CT molecular complexity index is 338. The van der Waals surface area contributed by atoms with E-state index in [-0.39, 0.29) is 5.91 Å². The Kier molecular flexibility index (Phi) is 7.11. The van der Waals surface area contributed by atoms with Crippen LogP contribution < -0.4 is 11.1 Å². The van der Waals surface area contributed by atoms with Crippen LogP contribution in [0.15, 0.2) is 30.3 Å². The number of hydrogen-bond donors (Lipinski definition) is 2. The van der Waals surface area contributed by atoms with Gasteiger partial charge in [-0.15, -0.1) is 0 Å². The standard InChI is InChI=1S/C15H24N2O/c1-2-8-14(13-9-4-3-5-10-13)17-12-7-6-11-15(16)18/h3-5,9-10,14,17H,2,6-8,11-12H2,1H3,(H2,16,18). The zero-order valence-electron chi connectivity index (χ0n) is 11.2. The minimum Gasteiger partial charge on any atom is -0.370 e. The van der Waals surface area contributed by atoms with Crippen molar-refractivity contribution in [3.8, 4) is 0 Å². The quantitative estimate of drug-likeness (QED) is 0.660. The van der Waals surface area contributed by atoms with Gasteiger partial charge in [0.05, 0.1) is 0 Å². The summed E-state index contributed by atoms with van der Waals surface area (Å²) in [6.45, 7) is 3.14. The number of rotatable bonds is 9. The van der Waals surface area contributed by atoms with Crippen LogP contribution in [0, 0.1) is 0 Å². The second-order valence-electron chi connectivity index (χ2n) is 4.63. The summed E-state index contributed by atoms with van der Waals surface area (Å²) in [5, 5.41) is 3.56. The van der Waals surface area contributed by atoms with Gasteiger partial charge in [0.15, 0.2) is 0 Å². The molecule has 0 fully saturated rings. The van der Waals surface area contributed by atoms with Crippen LogP contribution in [-0.2, 0) is 4.79 Å². The molecule has 1 rings (SSSR count). The molecule has 18 heavy (non-hydrogen) atoms. The van der Waals surface area contributed by atoms with Crippen molar-refractivity contribution in [3.05, 3.63) is 35.9 Å². The van der Waals surface area contributed by atoms with Gasteiger partial charge in [0.25, 0.3) is 0 Å². The van der Waals surface area contributed by atoms with Gasteiger partial charge in [-0.25, -0.2) is 0 Å². The van der Waals surface area contributed by atoms with Crippen molar-refractivity contribution in [2.75, 3.05) is 6.54 Å². The van der Waals surface area contributed by atoms with Gasteiger partial charge in [-0.2, -0.15) is 0 Å². The number of primary amides is 1. The van der Waals surface area contributed by atoms with E-state index in [1.165, 1.54) is 5.56 Å². The Balaban J connectivity index is 2.33. The van der Waals surface area contributed by atoms with Crippen molar-refractivity contribution in [2.45, 2.75) is 45.1 Å². The second kappa shape index (κ2) is 8.70. The van der Waals surface area contributed by atoms with E-state index in [1.807, 2.05) is 6.07 Å². The number of nitrogens with one attached hydrogen (secondary N) is 1. The van der Waals surface area contributed by atoms with Crippen molar-refractivity contribution in [1.29, 1.82) is 0 Å². The smallest absolute Gasteiger partial charge is 0.217 e. The van der Waals surface area contributed by atoms with Gasteiger partial charge in [-0.3, -0.25) is 4.79 Å². The van der Waals surface area contributed by atoms with Crippen LogP contribution in [0.5, 0.6) is 0 Å². The first-order valence-electron chi connectivity index (χ1n) is 6.80. The first-order valence-corrected chi connectivity index (χ1v) is 6.80. The van der Waals surface area contributed by atoms with Crippen LogP contribution in [0.2, 0.25) is 0 Å². The molecule has 0 spiro atoms. The SMILES string of the molecule is CCCC(NCCCCC(N)=O)c1ccccc1. The molecule has 0 aliphatic rings. The molecule has 1 amide bonds. The molecule has 0 bridgehead atoms. The lowest BCUT2D eigenvalue weighted by Gasteiger charge is -2.18. The third kappa shape index (κ3) is 5.82. The molecule has 1 aromatic rings. The monoisotopic (exact) mass is 248 g/mol. The number of nitrogens with two attached hydrogens (primary N) is 1. The maximum Gasteiger partial charge on any atom is 0.217 e. The van der Waals surface area contributed by atoms with E-state index in [0.29, 0.717) is 12.5 Å². The minimum atomic E-state index is -0.205. The number of hydrogen-bond acceptors (Lipinski definition) is 2. The fraction of sp³-hybridized carbons (Fsp3) is 0.533. The summed E-state index contributed by atoms with van der Waals surface area (Å²) in [6, 6.07) is 10.9. The fourth-order valence-corrected chi connectivity index (χ4v) is 2.06. The Hall–Kier alpha value is -1.35. The van der Waals surface area contributed by atoms with Crippen LogP contribution in [0.1, 0.15) is 50.6 Å². The lowest BCUT2D eigenvalue weighted by Crippen LogP contribution is -2.22. The molecule has 3 N–H and O–H groups in total. The maximum absolute atomic E-state index is 10.6. The number of carbonyl (C=O) groups is 1. The van der Waals surface area contributed by atoms with Crippen molar-refractivity contribution in [3.63, 3.8) is 0 Å². The zero-order chi connectivity index (χ0) is 13.2. The largest absolute Gasteiger partial charge is 0.370 e. The first-order chi connectivity index (χ1) is 8.74. The van der Waals surface area contributed by atoms with Crippen LogP contribution in [-0.4, -0.2) is 12.5 Å². The predicted molar refractivity (Wildman–Crippen MR) is 75.1 cm³/mol. The summed E-state index contributed by atoms with van der Waals surface area (Å²) in [7, 11) is 0. The molecule has 1 unspecified atom stereocenters. The third-order valence-electron chi connectivity index (χ3n) is 3.02. The highest BCUT2D eigenvalue weighted by molar-refractivity contribution is 5.73. The van der Waals surface area contributed by atoms with E-state index in [1.54, 1.807) is 0 Å². The summed E-state index contributed by atoms with van der Waals surface area (Å²) in [5.74, 6) is -0.205. The topological polar surface area (TPSA) is 55.1 Å². The summed E-state index contributed by atoms with van der Waals surface area (Å²) in [5.41, 5.74) is 6.46. The predicted octanol–water partition coefficient (Wildman–Crippen LogP) is 2.77. The number of benzene rings is 1. The normalized spacial score (nSPS) is 12.3. The maximum atomic E-state index is 10.6. The highest BCUT2D eigenvalue weighted by atomic mass is 16.1. The third-order valence-corrected chi connectivity index (χ3v) is 3.02. The number of amides is 1. The Morgan fingerprint density at radius 2 is 2.00 bits per heavy atom. The average Bonchev–Trinajstić information content (AvgIpc) is 2.38. The summed E-state index contributed by atoms with van der Waals surface area (Å²) >= 11 is 0. The van der Waals surface area contributed by atoms with Gasteiger partial charge in [0, 0.05) is 12.5 Å². The van der Waals surface area contributed by atoms with E-state index in [0.717, 1.165) is 32.2 Å². The van der Waals surface area contributed by atoms with Crippen LogP contribution in [0.3, 0.4) is 0 Å². The molecule has 0 aliphatic heterocycles.